The van der Waals surface area contributed by atoms with Crippen molar-refractivity contribution in [1.29, 1.82) is 0 Å². The van der Waals surface area contributed by atoms with Crippen molar-refractivity contribution in [2.45, 2.75) is 20.3 Å². The predicted molar refractivity (Wildman–Crippen MR) is 52.3 cm³/mol. The number of ketones is 1. The predicted octanol–water partition coefficient (Wildman–Crippen LogP) is 1.71. The lowest BCUT2D eigenvalue weighted by molar-refractivity contribution is -0.122. The third-order valence-electron chi connectivity index (χ3n) is 2.72. The highest BCUT2D eigenvalue weighted by atomic mass is 16.3. The molecule has 0 heterocycles. The van der Waals surface area contributed by atoms with Crippen LogP contribution in [-0.4, -0.2) is 17.5 Å². The molecule has 0 aromatic heterocycles. The molecule has 0 aromatic carbocycles. The minimum absolute atomic E-state index is 0.0679. The van der Waals surface area contributed by atoms with Crippen LogP contribution in [0.3, 0.4) is 0 Å². The largest absolute Gasteiger partial charge is 0.396 e. The van der Waals surface area contributed by atoms with E-state index >= 15 is 0 Å². The van der Waals surface area contributed by atoms with Gasteiger partial charge in [-0.25, -0.2) is 0 Å². The Labute approximate surface area is 79.0 Å². The van der Waals surface area contributed by atoms with Crippen LogP contribution in [0.5, 0.6) is 0 Å². The summed E-state index contributed by atoms with van der Waals surface area (Å²) in [4.78, 5) is 11.6. The van der Waals surface area contributed by atoms with Crippen molar-refractivity contribution in [1.82, 2.24) is 0 Å². The summed E-state index contributed by atoms with van der Waals surface area (Å²) in [7, 11) is 0. The smallest absolute Gasteiger partial charge is 0.164 e. The van der Waals surface area contributed by atoms with Gasteiger partial charge in [0.15, 0.2) is 5.78 Å². The van der Waals surface area contributed by atoms with Gasteiger partial charge in [-0.3, -0.25) is 4.79 Å². The van der Waals surface area contributed by atoms with Gasteiger partial charge in [0.25, 0.3) is 0 Å². The third kappa shape index (κ3) is 1.89. The molecule has 2 nitrogen and oxygen atoms in total. The molecule has 0 bridgehead atoms. The summed E-state index contributed by atoms with van der Waals surface area (Å²) < 4.78 is 0. The first-order valence-electron chi connectivity index (χ1n) is 4.55. The number of rotatable bonds is 2. The molecule has 13 heavy (non-hydrogen) atoms. The van der Waals surface area contributed by atoms with E-state index in [-0.39, 0.29) is 24.2 Å². The zero-order valence-corrected chi connectivity index (χ0v) is 8.21. The maximum absolute atomic E-state index is 11.6. The molecule has 2 atom stereocenters. The Balaban J connectivity index is 2.91. The van der Waals surface area contributed by atoms with Crippen LogP contribution in [0.2, 0.25) is 0 Å². The maximum Gasteiger partial charge on any atom is 0.164 e. The molecule has 72 valence electrons. The molecule has 0 saturated heterocycles. The number of carbonyl (C=O) groups excluding carboxylic acids is 1. The normalized spacial score (nSPS) is 28.5. The van der Waals surface area contributed by atoms with Crippen LogP contribution in [0.15, 0.2) is 23.8 Å². The van der Waals surface area contributed by atoms with Crippen molar-refractivity contribution < 1.29 is 9.90 Å². The molecular formula is C11H16O2. The van der Waals surface area contributed by atoms with Gasteiger partial charge in [0.05, 0.1) is 12.5 Å². The molecule has 0 aliphatic heterocycles. The molecular weight excluding hydrogens is 164 g/mol. The molecule has 1 aliphatic rings. The average molecular weight is 180 g/mol. The average Bonchev–Trinajstić information content (AvgIpc) is 2.09. The van der Waals surface area contributed by atoms with Crippen molar-refractivity contribution in [2.24, 2.45) is 11.8 Å². The molecule has 0 amide bonds. The van der Waals surface area contributed by atoms with E-state index < -0.39 is 0 Å². The molecule has 1 rings (SSSR count). The summed E-state index contributed by atoms with van der Waals surface area (Å²) in [6.45, 7) is 7.49. The first-order valence-corrected chi connectivity index (χ1v) is 4.55. The second kappa shape index (κ2) is 3.88. The fraction of sp³-hybridized carbons (Fsp3) is 0.545. The van der Waals surface area contributed by atoms with Gasteiger partial charge in [-0.2, -0.15) is 0 Å². The number of allylic oxidation sites excluding steroid dienone is 3. The number of hydrogen-bond acceptors (Lipinski definition) is 2. The third-order valence-corrected chi connectivity index (χ3v) is 2.72. The topological polar surface area (TPSA) is 37.3 Å². The zero-order valence-electron chi connectivity index (χ0n) is 8.21. The molecule has 1 aliphatic carbocycles. The number of Topliss-reactive ketones (excluding diaryl/α,β-unsaturated/α-hetero) is 1. The van der Waals surface area contributed by atoms with Crippen molar-refractivity contribution >= 4 is 5.78 Å². The van der Waals surface area contributed by atoms with E-state index in [4.69, 9.17) is 5.11 Å². The number of aliphatic hydroxyl groups excluding tert-OH is 1. The van der Waals surface area contributed by atoms with Crippen LogP contribution in [0.4, 0.5) is 0 Å². The van der Waals surface area contributed by atoms with E-state index in [1.165, 1.54) is 0 Å². The Morgan fingerprint density at radius 3 is 2.85 bits per heavy atom. The lowest BCUT2D eigenvalue weighted by atomic mass is 9.76. The highest BCUT2D eigenvalue weighted by molar-refractivity contribution is 5.97. The van der Waals surface area contributed by atoms with Crippen LogP contribution < -0.4 is 0 Å². The fourth-order valence-electron chi connectivity index (χ4n) is 1.80. The zero-order chi connectivity index (χ0) is 10.0. The first-order chi connectivity index (χ1) is 6.07. The molecule has 2 heteroatoms. The molecule has 1 N–H and O–H groups in total. The fourth-order valence-corrected chi connectivity index (χ4v) is 1.80. The Kier molecular flexibility index (Phi) is 3.04. The Morgan fingerprint density at radius 1 is 1.77 bits per heavy atom. The lowest BCUT2D eigenvalue weighted by Crippen LogP contribution is -2.31. The summed E-state index contributed by atoms with van der Waals surface area (Å²) in [5.41, 5.74) is 1.76. The molecule has 2 unspecified atom stereocenters. The number of aliphatic hydroxyl groups is 1. The highest BCUT2D eigenvalue weighted by Crippen LogP contribution is 2.30. The second-order valence-corrected chi connectivity index (χ2v) is 3.73. The standard InChI is InChI=1S/C11H16O2/c1-7(2)9-5-4-8(3)11(13)10(9)6-12/h4,9-10,12H,1,5-6H2,2-3H3. The molecule has 0 radical (unpaired) electrons. The van der Waals surface area contributed by atoms with Crippen molar-refractivity contribution in [2.75, 3.05) is 6.61 Å². The van der Waals surface area contributed by atoms with Gasteiger partial charge in [0.2, 0.25) is 0 Å². The van der Waals surface area contributed by atoms with Crippen molar-refractivity contribution in [3.05, 3.63) is 23.8 Å². The molecule has 0 spiro atoms. The summed E-state index contributed by atoms with van der Waals surface area (Å²) in [6, 6.07) is 0. The van der Waals surface area contributed by atoms with Crippen LogP contribution in [-0.2, 0) is 4.79 Å². The highest BCUT2D eigenvalue weighted by Gasteiger charge is 2.31. The van der Waals surface area contributed by atoms with Crippen molar-refractivity contribution in [3.8, 4) is 0 Å². The number of hydrogen-bond donors (Lipinski definition) is 1. The van der Waals surface area contributed by atoms with E-state index in [1.54, 1.807) is 6.92 Å². The monoisotopic (exact) mass is 180 g/mol. The van der Waals surface area contributed by atoms with Gasteiger partial charge in [-0.15, -0.1) is 0 Å². The van der Waals surface area contributed by atoms with E-state index in [0.717, 1.165) is 17.6 Å². The molecule has 0 saturated carbocycles. The summed E-state index contributed by atoms with van der Waals surface area (Å²) in [5.74, 6) is -0.0644. The SMILES string of the molecule is C=C(C)C1CC=C(C)C(=O)C1CO. The molecule has 0 aromatic rings. The molecule has 0 fully saturated rings. The quantitative estimate of drug-likeness (QED) is 0.657. The second-order valence-electron chi connectivity index (χ2n) is 3.73. The Morgan fingerprint density at radius 2 is 2.38 bits per heavy atom. The maximum atomic E-state index is 11.6. The Hall–Kier alpha value is -0.890. The number of carbonyl (C=O) groups is 1. The van der Waals surface area contributed by atoms with Crippen LogP contribution in [0, 0.1) is 11.8 Å². The first kappa shape index (κ1) is 10.2. The Bertz CT molecular complexity index is 263. The van der Waals surface area contributed by atoms with Gasteiger partial charge < -0.3 is 5.11 Å². The van der Waals surface area contributed by atoms with E-state index in [9.17, 15) is 4.79 Å². The van der Waals surface area contributed by atoms with Gasteiger partial charge in [0, 0.05) is 0 Å². The van der Waals surface area contributed by atoms with Crippen LogP contribution >= 0.6 is 0 Å². The van der Waals surface area contributed by atoms with Gasteiger partial charge in [-0.1, -0.05) is 18.2 Å². The van der Waals surface area contributed by atoms with Gasteiger partial charge in [0.1, 0.15) is 0 Å². The minimum atomic E-state index is -0.262. The lowest BCUT2D eigenvalue weighted by Gasteiger charge is -2.28. The summed E-state index contributed by atoms with van der Waals surface area (Å²) >= 11 is 0. The van der Waals surface area contributed by atoms with E-state index in [2.05, 4.69) is 6.58 Å². The van der Waals surface area contributed by atoms with E-state index in [0.29, 0.717) is 0 Å². The summed E-state index contributed by atoms with van der Waals surface area (Å²) in [5, 5.41) is 9.11. The summed E-state index contributed by atoms with van der Waals surface area (Å²) in [6.07, 6.45) is 2.77. The van der Waals surface area contributed by atoms with Gasteiger partial charge >= 0.3 is 0 Å². The van der Waals surface area contributed by atoms with Crippen LogP contribution in [0.25, 0.3) is 0 Å². The van der Waals surface area contributed by atoms with Gasteiger partial charge in [-0.05, 0) is 31.8 Å². The minimum Gasteiger partial charge on any atom is -0.396 e. The van der Waals surface area contributed by atoms with Crippen LogP contribution in [0.1, 0.15) is 20.3 Å². The van der Waals surface area contributed by atoms with Crippen molar-refractivity contribution in [3.63, 3.8) is 0 Å². The van der Waals surface area contributed by atoms with E-state index in [1.807, 2.05) is 13.0 Å².